The van der Waals surface area contributed by atoms with Crippen molar-refractivity contribution in [3.05, 3.63) is 29.3 Å². The second kappa shape index (κ2) is 5.87. The molecule has 14 heavy (non-hydrogen) atoms. The molecule has 1 aromatic rings. The predicted octanol–water partition coefficient (Wildman–Crippen LogP) is 5.27. The molecule has 0 amide bonds. The minimum absolute atomic E-state index is 0.114. The zero-order valence-corrected chi connectivity index (χ0v) is 13.7. The van der Waals surface area contributed by atoms with Gasteiger partial charge in [0, 0.05) is 5.56 Å². The standard InChI is InChI=1S/C9H8Br4O/c1-14-7-4-5(8(10)11)2-3-6(7)9(12)13/h2-4,8-9H,1H3. The van der Waals surface area contributed by atoms with Gasteiger partial charge in [0.1, 0.15) is 5.75 Å². The minimum atomic E-state index is 0.114. The maximum atomic E-state index is 5.30. The fourth-order valence-corrected chi connectivity index (χ4v) is 2.37. The van der Waals surface area contributed by atoms with Crippen LogP contribution in [0.25, 0.3) is 0 Å². The normalized spacial score (nSPS) is 11.1. The Kier molecular flexibility index (Phi) is 5.45. The van der Waals surface area contributed by atoms with Crippen LogP contribution in [0.5, 0.6) is 5.75 Å². The Bertz CT molecular complexity index is 312. The predicted molar refractivity (Wildman–Crippen MR) is 74.2 cm³/mol. The van der Waals surface area contributed by atoms with Crippen molar-refractivity contribution in [2.75, 3.05) is 7.11 Å². The van der Waals surface area contributed by atoms with E-state index in [0.29, 0.717) is 0 Å². The van der Waals surface area contributed by atoms with Crippen molar-refractivity contribution in [3.63, 3.8) is 0 Å². The molecule has 0 atom stereocenters. The molecule has 0 aromatic heterocycles. The van der Waals surface area contributed by atoms with Crippen LogP contribution < -0.4 is 4.74 Å². The summed E-state index contributed by atoms with van der Waals surface area (Å²) < 4.78 is 5.56. The topological polar surface area (TPSA) is 9.23 Å². The molecule has 0 bridgehead atoms. The molecule has 1 nitrogen and oxygen atoms in total. The SMILES string of the molecule is COc1cc(C(Br)Br)ccc1C(Br)Br. The molecule has 0 aliphatic heterocycles. The quantitative estimate of drug-likeness (QED) is 0.569. The van der Waals surface area contributed by atoms with Gasteiger partial charge >= 0.3 is 0 Å². The van der Waals surface area contributed by atoms with E-state index in [2.05, 4.69) is 63.7 Å². The van der Waals surface area contributed by atoms with E-state index >= 15 is 0 Å². The smallest absolute Gasteiger partial charge is 0.124 e. The number of rotatable bonds is 3. The van der Waals surface area contributed by atoms with Crippen molar-refractivity contribution in [1.82, 2.24) is 0 Å². The van der Waals surface area contributed by atoms with Crippen LogP contribution in [-0.2, 0) is 0 Å². The molecule has 0 unspecified atom stereocenters. The molecular weight excluding hydrogens is 444 g/mol. The van der Waals surface area contributed by atoms with E-state index in [1.54, 1.807) is 7.11 Å². The van der Waals surface area contributed by atoms with E-state index in [0.717, 1.165) is 16.9 Å². The number of hydrogen-bond donors (Lipinski definition) is 0. The Morgan fingerprint density at radius 2 is 1.71 bits per heavy atom. The van der Waals surface area contributed by atoms with E-state index < -0.39 is 0 Å². The van der Waals surface area contributed by atoms with Crippen LogP contribution in [-0.4, -0.2) is 7.11 Å². The van der Waals surface area contributed by atoms with Crippen molar-refractivity contribution in [2.24, 2.45) is 0 Å². The van der Waals surface area contributed by atoms with E-state index in [1.807, 2.05) is 18.2 Å². The zero-order chi connectivity index (χ0) is 10.7. The van der Waals surface area contributed by atoms with Crippen LogP contribution in [0, 0.1) is 0 Å². The maximum absolute atomic E-state index is 5.30. The number of benzene rings is 1. The third-order valence-electron chi connectivity index (χ3n) is 1.74. The third-order valence-corrected chi connectivity index (χ3v) is 3.79. The molecule has 0 saturated heterocycles. The first-order valence-electron chi connectivity index (χ1n) is 3.80. The molecule has 1 rings (SSSR count). The van der Waals surface area contributed by atoms with Crippen molar-refractivity contribution >= 4 is 63.7 Å². The van der Waals surface area contributed by atoms with Crippen LogP contribution in [0.2, 0.25) is 0 Å². The van der Waals surface area contributed by atoms with E-state index in [4.69, 9.17) is 4.74 Å². The lowest BCUT2D eigenvalue weighted by Crippen LogP contribution is -1.92. The molecule has 0 fully saturated rings. The molecular formula is C9H8Br4O. The number of halogens is 4. The average molecular weight is 452 g/mol. The number of hydrogen-bond acceptors (Lipinski definition) is 1. The highest BCUT2D eigenvalue weighted by atomic mass is 79.9. The van der Waals surface area contributed by atoms with Gasteiger partial charge in [0.05, 0.1) is 14.6 Å². The monoisotopic (exact) mass is 448 g/mol. The van der Waals surface area contributed by atoms with Crippen molar-refractivity contribution < 1.29 is 4.74 Å². The first kappa shape index (κ1) is 13.0. The molecule has 0 aliphatic rings. The van der Waals surface area contributed by atoms with Crippen LogP contribution in [0.4, 0.5) is 0 Å². The Morgan fingerprint density at radius 1 is 1.07 bits per heavy atom. The highest BCUT2D eigenvalue weighted by Crippen LogP contribution is 2.39. The summed E-state index contributed by atoms with van der Waals surface area (Å²) in [7, 11) is 1.67. The molecule has 0 saturated carbocycles. The van der Waals surface area contributed by atoms with Crippen molar-refractivity contribution in [3.8, 4) is 5.75 Å². The van der Waals surface area contributed by atoms with Gasteiger partial charge < -0.3 is 4.74 Å². The lowest BCUT2D eigenvalue weighted by Gasteiger charge is -2.12. The first-order valence-corrected chi connectivity index (χ1v) is 7.46. The Labute approximate surface area is 117 Å². The highest BCUT2D eigenvalue weighted by Gasteiger charge is 2.12. The minimum Gasteiger partial charge on any atom is -0.496 e. The Morgan fingerprint density at radius 3 is 2.14 bits per heavy atom. The summed E-state index contributed by atoms with van der Waals surface area (Å²) in [5.74, 6) is 0.866. The lowest BCUT2D eigenvalue weighted by molar-refractivity contribution is 0.411. The second-order valence-corrected chi connectivity index (χ2v) is 8.72. The summed E-state index contributed by atoms with van der Waals surface area (Å²) in [5.41, 5.74) is 2.21. The molecule has 78 valence electrons. The zero-order valence-electron chi connectivity index (χ0n) is 7.31. The number of ether oxygens (including phenoxy) is 1. The van der Waals surface area contributed by atoms with Gasteiger partial charge in [-0.2, -0.15) is 0 Å². The van der Waals surface area contributed by atoms with Crippen LogP contribution in [0.3, 0.4) is 0 Å². The van der Waals surface area contributed by atoms with Gasteiger partial charge in [-0.15, -0.1) is 0 Å². The molecule has 1 aromatic carbocycles. The van der Waals surface area contributed by atoms with Crippen LogP contribution in [0.15, 0.2) is 18.2 Å². The lowest BCUT2D eigenvalue weighted by atomic mass is 10.1. The summed E-state index contributed by atoms with van der Waals surface area (Å²) in [6.07, 6.45) is 0. The third kappa shape index (κ3) is 3.22. The van der Waals surface area contributed by atoms with Gasteiger partial charge in [0.25, 0.3) is 0 Å². The van der Waals surface area contributed by atoms with Crippen molar-refractivity contribution in [1.29, 1.82) is 0 Å². The van der Waals surface area contributed by atoms with Crippen molar-refractivity contribution in [2.45, 2.75) is 7.47 Å². The summed E-state index contributed by atoms with van der Waals surface area (Å²) in [6.45, 7) is 0. The molecule has 0 spiro atoms. The van der Waals surface area contributed by atoms with Crippen LogP contribution in [0.1, 0.15) is 18.6 Å². The highest BCUT2D eigenvalue weighted by molar-refractivity contribution is 9.24. The fraction of sp³-hybridized carbons (Fsp3) is 0.333. The largest absolute Gasteiger partial charge is 0.496 e. The first-order chi connectivity index (χ1) is 6.56. The van der Waals surface area contributed by atoms with E-state index in [-0.39, 0.29) is 7.47 Å². The molecule has 5 heteroatoms. The summed E-state index contributed by atoms with van der Waals surface area (Å²) in [4.78, 5) is 0. The van der Waals surface area contributed by atoms with Crippen LogP contribution >= 0.6 is 63.7 Å². The molecule has 0 N–H and O–H groups in total. The second-order valence-electron chi connectivity index (χ2n) is 2.60. The van der Waals surface area contributed by atoms with E-state index in [9.17, 15) is 0 Å². The number of methoxy groups -OCH3 is 1. The molecule has 0 aliphatic carbocycles. The summed E-state index contributed by atoms with van der Waals surface area (Å²) in [5, 5.41) is 0. The maximum Gasteiger partial charge on any atom is 0.124 e. The average Bonchev–Trinajstić information content (AvgIpc) is 2.16. The van der Waals surface area contributed by atoms with E-state index in [1.165, 1.54) is 0 Å². The fourth-order valence-electron chi connectivity index (χ4n) is 1.04. The van der Waals surface area contributed by atoms with Gasteiger partial charge in [0.15, 0.2) is 0 Å². The van der Waals surface area contributed by atoms with Gasteiger partial charge in [-0.05, 0) is 11.6 Å². The Hall–Kier alpha value is 0.940. The molecule has 0 heterocycles. The summed E-state index contributed by atoms with van der Waals surface area (Å²) >= 11 is 13.8. The van der Waals surface area contributed by atoms with Gasteiger partial charge in [-0.1, -0.05) is 75.9 Å². The van der Waals surface area contributed by atoms with Gasteiger partial charge in [0.2, 0.25) is 0 Å². The Balaban J connectivity index is 3.11. The van der Waals surface area contributed by atoms with Gasteiger partial charge in [-0.25, -0.2) is 0 Å². The summed E-state index contributed by atoms with van der Waals surface area (Å²) in [6, 6.07) is 6.07. The number of alkyl halides is 4. The van der Waals surface area contributed by atoms with Gasteiger partial charge in [-0.3, -0.25) is 0 Å². The molecule has 0 radical (unpaired) electrons.